The number of morpholine rings is 1. The van der Waals surface area contributed by atoms with E-state index in [2.05, 4.69) is 5.32 Å². The Morgan fingerprint density at radius 3 is 2.32 bits per heavy atom. The maximum absolute atomic E-state index is 13.0. The molecule has 1 saturated heterocycles. The summed E-state index contributed by atoms with van der Waals surface area (Å²) in [7, 11) is -7.71. The van der Waals surface area contributed by atoms with E-state index in [4.69, 9.17) is 9.47 Å². The molecule has 3 rings (SSSR count). The molecule has 1 aliphatic rings. The van der Waals surface area contributed by atoms with Gasteiger partial charge in [-0.2, -0.15) is 17.5 Å². The van der Waals surface area contributed by atoms with Gasteiger partial charge in [0.1, 0.15) is 18.9 Å². The molecule has 1 fully saturated rings. The Hall–Kier alpha value is -2.88. The highest BCUT2D eigenvalue weighted by atomic mass is 32.2. The van der Waals surface area contributed by atoms with Crippen molar-refractivity contribution in [2.24, 2.45) is 0 Å². The van der Waals surface area contributed by atoms with Gasteiger partial charge in [-0.3, -0.25) is 9.10 Å². The van der Waals surface area contributed by atoms with Crippen LogP contribution in [0.4, 0.5) is 18.9 Å². The average Bonchev–Trinajstić information content (AvgIpc) is 2.85. The predicted molar refractivity (Wildman–Crippen MR) is 128 cm³/mol. The van der Waals surface area contributed by atoms with E-state index in [-0.39, 0.29) is 36.8 Å². The van der Waals surface area contributed by atoms with E-state index in [1.807, 2.05) is 0 Å². The standard InChI is InChI=1S/C22H26F3N3O7S2/c1-36(30,31)28(18-4-2-3-17(15-18)22(23,24)25)16-21(29)26-9-12-35-19-5-7-20(8-6-19)37(32,33)27-10-13-34-14-11-27/h2-8,15H,9-14,16H2,1H3,(H,26,29). The Kier molecular flexibility index (Phi) is 9.05. The van der Waals surface area contributed by atoms with Crippen LogP contribution in [0.1, 0.15) is 5.56 Å². The lowest BCUT2D eigenvalue weighted by molar-refractivity contribution is -0.137. The zero-order valence-corrected chi connectivity index (χ0v) is 21.4. The molecule has 0 atom stereocenters. The molecular weight excluding hydrogens is 539 g/mol. The number of halogens is 3. The van der Waals surface area contributed by atoms with Crippen LogP contribution in [0.5, 0.6) is 5.75 Å². The quantitative estimate of drug-likeness (QED) is 0.435. The first-order valence-electron chi connectivity index (χ1n) is 11.0. The number of hydrogen-bond acceptors (Lipinski definition) is 7. The van der Waals surface area contributed by atoms with Crippen LogP contribution in [-0.2, 0) is 35.8 Å². The lowest BCUT2D eigenvalue weighted by atomic mass is 10.2. The highest BCUT2D eigenvalue weighted by Gasteiger charge is 2.32. The number of amides is 1. The Morgan fingerprint density at radius 2 is 1.73 bits per heavy atom. The third kappa shape index (κ3) is 7.80. The molecule has 1 aliphatic heterocycles. The maximum Gasteiger partial charge on any atom is 0.416 e. The number of nitrogens with one attached hydrogen (secondary N) is 1. The fourth-order valence-corrected chi connectivity index (χ4v) is 5.68. The molecule has 2 aromatic rings. The number of ether oxygens (including phenoxy) is 2. The molecule has 204 valence electrons. The summed E-state index contributed by atoms with van der Waals surface area (Å²) in [6.07, 6.45) is -3.89. The first-order chi connectivity index (χ1) is 17.3. The molecule has 1 amide bonds. The van der Waals surface area contributed by atoms with E-state index in [0.717, 1.165) is 24.5 Å². The van der Waals surface area contributed by atoms with Gasteiger partial charge in [-0.1, -0.05) is 6.07 Å². The highest BCUT2D eigenvalue weighted by molar-refractivity contribution is 7.92. The van der Waals surface area contributed by atoms with Gasteiger partial charge in [0.05, 0.1) is 42.2 Å². The van der Waals surface area contributed by atoms with Crippen LogP contribution in [0.3, 0.4) is 0 Å². The number of nitrogens with zero attached hydrogens (tertiary/aromatic N) is 2. The number of rotatable bonds is 10. The highest BCUT2D eigenvalue weighted by Crippen LogP contribution is 2.32. The van der Waals surface area contributed by atoms with Crippen molar-refractivity contribution in [2.75, 3.05) is 56.6 Å². The fraction of sp³-hybridized carbons (Fsp3) is 0.409. The number of sulfonamides is 2. The Morgan fingerprint density at radius 1 is 1.08 bits per heavy atom. The number of anilines is 1. The summed E-state index contributed by atoms with van der Waals surface area (Å²) in [4.78, 5) is 12.4. The lowest BCUT2D eigenvalue weighted by Crippen LogP contribution is -2.41. The summed E-state index contributed by atoms with van der Waals surface area (Å²) in [5.41, 5.74) is -1.34. The molecule has 1 heterocycles. The van der Waals surface area contributed by atoms with Crippen molar-refractivity contribution < 1.29 is 44.3 Å². The van der Waals surface area contributed by atoms with Crippen molar-refractivity contribution in [2.45, 2.75) is 11.1 Å². The van der Waals surface area contributed by atoms with Gasteiger partial charge in [0.25, 0.3) is 0 Å². The number of carbonyl (C=O) groups is 1. The van der Waals surface area contributed by atoms with E-state index in [0.29, 0.717) is 29.3 Å². The van der Waals surface area contributed by atoms with Crippen molar-refractivity contribution in [1.82, 2.24) is 9.62 Å². The molecule has 1 N–H and O–H groups in total. The summed E-state index contributed by atoms with van der Waals surface area (Å²) in [5.74, 6) is -0.407. The van der Waals surface area contributed by atoms with Crippen molar-refractivity contribution in [3.8, 4) is 5.75 Å². The molecule has 0 unspecified atom stereocenters. The van der Waals surface area contributed by atoms with Gasteiger partial charge >= 0.3 is 6.18 Å². The van der Waals surface area contributed by atoms with Gasteiger partial charge in [0.2, 0.25) is 26.0 Å². The molecule has 0 saturated carbocycles. The van der Waals surface area contributed by atoms with Gasteiger partial charge in [0, 0.05) is 13.1 Å². The van der Waals surface area contributed by atoms with Crippen LogP contribution >= 0.6 is 0 Å². The van der Waals surface area contributed by atoms with Crippen LogP contribution in [0.15, 0.2) is 53.4 Å². The van der Waals surface area contributed by atoms with Crippen LogP contribution in [-0.4, -0.2) is 79.3 Å². The molecule has 15 heteroatoms. The van der Waals surface area contributed by atoms with Crippen LogP contribution in [0.25, 0.3) is 0 Å². The average molecular weight is 566 g/mol. The second kappa shape index (κ2) is 11.7. The van der Waals surface area contributed by atoms with Crippen molar-refractivity contribution >= 4 is 31.6 Å². The van der Waals surface area contributed by atoms with E-state index < -0.39 is 44.2 Å². The zero-order valence-electron chi connectivity index (χ0n) is 19.8. The van der Waals surface area contributed by atoms with Crippen LogP contribution < -0.4 is 14.4 Å². The molecule has 10 nitrogen and oxygen atoms in total. The molecule has 0 spiro atoms. The minimum absolute atomic E-state index is 0.0241. The van der Waals surface area contributed by atoms with E-state index >= 15 is 0 Å². The second-order valence-electron chi connectivity index (χ2n) is 8.00. The van der Waals surface area contributed by atoms with Gasteiger partial charge < -0.3 is 14.8 Å². The summed E-state index contributed by atoms with van der Waals surface area (Å²) in [6.45, 7) is 0.405. The van der Waals surface area contributed by atoms with Gasteiger partial charge in [-0.25, -0.2) is 16.8 Å². The molecule has 0 bridgehead atoms. The molecule has 0 aromatic heterocycles. The molecule has 2 aromatic carbocycles. The number of carbonyl (C=O) groups excluding carboxylic acids is 1. The summed E-state index contributed by atoms with van der Waals surface area (Å²) in [5, 5.41) is 2.44. The topological polar surface area (TPSA) is 122 Å². The lowest BCUT2D eigenvalue weighted by Gasteiger charge is -2.26. The SMILES string of the molecule is CS(=O)(=O)N(CC(=O)NCCOc1ccc(S(=O)(=O)N2CCOCC2)cc1)c1cccc(C(F)(F)F)c1. The maximum atomic E-state index is 13.0. The zero-order chi connectivity index (χ0) is 27.3. The van der Waals surface area contributed by atoms with Crippen LogP contribution in [0, 0.1) is 0 Å². The number of benzene rings is 2. The van der Waals surface area contributed by atoms with E-state index in [1.165, 1.54) is 28.6 Å². The molecule has 0 aliphatic carbocycles. The summed E-state index contributed by atoms with van der Waals surface area (Å²) >= 11 is 0. The van der Waals surface area contributed by atoms with Gasteiger partial charge in [-0.05, 0) is 42.5 Å². The van der Waals surface area contributed by atoms with Crippen molar-refractivity contribution in [1.29, 1.82) is 0 Å². The molecule has 0 radical (unpaired) electrons. The van der Waals surface area contributed by atoms with Gasteiger partial charge in [-0.15, -0.1) is 0 Å². The van der Waals surface area contributed by atoms with E-state index in [1.54, 1.807) is 0 Å². The Balaban J connectivity index is 1.53. The van der Waals surface area contributed by atoms with Crippen molar-refractivity contribution in [3.05, 3.63) is 54.1 Å². The smallest absolute Gasteiger partial charge is 0.416 e. The van der Waals surface area contributed by atoms with Crippen LogP contribution in [0.2, 0.25) is 0 Å². The molecule has 37 heavy (non-hydrogen) atoms. The van der Waals surface area contributed by atoms with Gasteiger partial charge in [0.15, 0.2) is 0 Å². The second-order valence-corrected chi connectivity index (χ2v) is 11.8. The minimum atomic E-state index is -4.68. The predicted octanol–water partition coefficient (Wildman–Crippen LogP) is 1.69. The Bertz CT molecular complexity index is 1300. The fourth-order valence-electron chi connectivity index (χ4n) is 3.43. The van der Waals surface area contributed by atoms with E-state index in [9.17, 15) is 34.8 Å². The normalized spacial score (nSPS) is 15.2. The minimum Gasteiger partial charge on any atom is -0.492 e. The Labute approximate surface area is 213 Å². The summed E-state index contributed by atoms with van der Waals surface area (Å²) in [6, 6.07) is 9.40. The largest absolute Gasteiger partial charge is 0.492 e. The first-order valence-corrected chi connectivity index (χ1v) is 14.3. The third-order valence-corrected chi connectivity index (χ3v) is 8.33. The summed E-state index contributed by atoms with van der Waals surface area (Å²) < 4.78 is 101. The number of hydrogen-bond donors (Lipinski definition) is 1. The van der Waals surface area contributed by atoms with Crippen molar-refractivity contribution in [3.63, 3.8) is 0 Å². The third-order valence-electron chi connectivity index (χ3n) is 5.27. The first kappa shape index (κ1) is 28.7. The monoisotopic (exact) mass is 565 g/mol. The number of alkyl halides is 3. The molecular formula is C22H26F3N3O7S2.